The van der Waals surface area contributed by atoms with Crippen LogP contribution in [0.5, 0.6) is 11.5 Å². The summed E-state index contributed by atoms with van der Waals surface area (Å²) < 4.78 is 38.3. The zero-order valence-corrected chi connectivity index (χ0v) is 16.8. The number of benzene rings is 1. The van der Waals surface area contributed by atoms with Gasteiger partial charge in [-0.2, -0.15) is 0 Å². The third kappa shape index (κ3) is 4.12. The van der Waals surface area contributed by atoms with E-state index in [1.165, 1.54) is 14.2 Å². The molecule has 0 aliphatic heterocycles. The fourth-order valence-corrected chi connectivity index (χ4v) is 6.38. The Morgan fingerprint density at radius 2 is 1.83 bits per heavy atom. The average Bonchev–Trinajstić information content (AvgIpc) is 2.78. The number of rotatable bonds is 6. The Kier molecular flexibility index (Phi) is 6.21. The van der Waals surface area contributed by atoms with Gasteiger partial charge in [0.25, 0.3) is 0 Å². The highest BCUT2D eigenvalue weighted by Gasteiger charge is 2.26. The normalized spacial score (nSPS) is 11.5. The molecule has 10 heteroatoms. The third-order valence-electron chi connectivity index (χ3n) is 2.91. The lowest BCUT2D eigenvalue weighted by atomic mass is 10.2. The Hall–Kier alpha value is -0.510. The summed E-state index contributed by atoms with van der Waals surface area (Å²) in [6, 6.07) is 5.13. The third-order valence-corrected chi connectivity index (χ3v) is 7.78. The van der Waals surface area contributed by atoms with E-state index in [1.807, 2.05) is 0 Å². The lowest BCUT2D eigenvalue weighted by Gasteiger charge is -2.10. The van der Waals surface area contributed by atoms with Crippen LogP contribution in [-0.4, -0.2) is 22.6 Å². The maximum absolute atomic E-state index is 12.4. The van der Waals surface area contributed by atoms with Gasteiger partial charge in [0.15, 0.2) is 11.5 Å². The van der Waals surface area contributed by atoms with Crippen molar-refractivity contribution in [2.45, 2.75) is 11.4 Å². The number of hydrogen-bond acceptors (Lipinski definition) is 5. The van der Waals surface area contributed by atoms with Gasteiger partial charge in [0.05, 0.1) is 18.7 Å². The zero-order chi connectivity index (χ0) is 17.2. The first-order valence-corrected chi connectivity index (χ1v) is 9.99. The lowest BCUT2D eigenvalue weighted by Crippen LogP contribution is -2.23. The van der Waals surface area contributed by atoms with Crippen molar-refractivity contribution in [3.63, 3.8) is 0 Å². The molecule has 5 nitrogen and oxygen atoms in total. The van der Waals surface area contributed by atoms with Crippen LogP contribution in [0.25, 0.3) is 0 Å². The first-order chi connectivity index (χ1) is 10.8. The minimum Gasteiger partial charge on any atom is -0.493 e. The highest BCUT2D eigenvalue weighted by molar-refractivity contribution is 9.10. The van der Waals surface area contributed by atoms with Crippen molar-refractivity contribution >= 4 is 60.5 Å². The highest BCUT2D eigenvalue weighted by Crippen LogP contribution is 2.42. The van der Waals surface area contributed by atoms with Gasteiger partial charge in [-0.25, -0.2) is 13.1 Å². The van der Waals surface area contributed by atoms with E-state index in [0.29, 0.717) is 17.1 Å². The van der Waals surface area contributed by atoms with Crippen molar-refractivity contribution < 1.29 is 17.9 Å². The van der Waals surface area contributed by atoms with Crippen molar-refractivity contribution in [2.75, 3.05) is 14.2 Å². The molecule has 0 radical (unpaired) electrons. The largest absolute Gasteiger partial charge is 0.493 e. The Balaban J connectivity index is 2.23. The van der Waals surface area contributed by atoms with E-state index >= 15 is 0 Å². The fraction of sp³-hybridized carbons (Fsp3) is 0.231. The zero-order valence-electron chi connectivity index (χ0n) is 12.0. The molecule has 0 aliphatic rings. The quantitative estimate of drug-likeness (QED) is 0.697. The van der Waals surface area contributed by atoms with Gasteiger partial charge in [0, 0.05) is 6.54 Å². The average molecular weight is 461 g/mol. The van der Waals surface area contributed by atoms with Gasteiger partial charge < -0.3 is 9.47 Å². The molecule has 0 unspecified atom stereocenters. The predicted octanol–water partition coefficient (Wildman–Crippen LogP) is 4.31. The van der Waals surface area contributed by atoms with Crippen LogP contribution in [0.15, 0.2) is 27.6 Å². The summed E-state index contributed by atoms with van der Waals surface area (Å²) in [5.74, 6) is 1.08. The molecule has 1 aromatic carbocycles. The Morgan fingerprint density at radius 1 is 1.17 bits per heavy atom. The molecule has 1 heterocycles. The molecule has 0 saturated carbocycles. The van der Waals surface area contributed by atoms with Crippen molar-refractivity contribution in [3.05, 3.63) is 36.9 Å². The van der Waals surface area contributed by atoms with E-state index < -0.39 is 10.0 Å². The summed E-state index contributed by atoms with van der Waals surface area (Å²) in [6.07, 6.45) is 0. The summed E-state index contributed by atoms with van der Waals surface area (Å²) in [5, 5.41) is 0. The summed E-state index contributed by atoms with van der Waals surface area (Å²) in [4.78, 5) is -0.0605. The second-order valence-corrected chi connectivity index (χ2v) is 9.03. The molecule has 1 aromatic heterocycles. The Labute approximate surface area is 156 Å². The van der Waals surface area contributed by atoms with Gasteiger partial charge in [-0.05, 0) is 33.6 Å². The minimum atomic E-state index is -3.81. The molecule has 126 valence electrons. The number of hydrogen-bond donors (Lipinski definition) is 1. The molecule has 0 aliphatic carbocycles. The molecular formula is C13H12BrCl2NO4S2. The number of sulfonamides is 1. The maximum atomic E-state index is 12.4. The second-order valence-electron chi connectivity index (χ2n) is 4.31. The first kappa shape index (κ1) is 18.8. The minimum absolute atomic E-state index is 0.0605. The van der Waals surface area contributed by atoms with Gasteiger partial charge in [0.1, 0.15) is 13.6 Å². The molecule has 2 aromatic rings. The fourth-order valence-electron chi connectivity index (χ4n) is 1.81. The van der Waals surface area contributed by atoms with Crippen LogP contribution < -0.4 is 14.2 Å². The van der Waals surface area contributed by atoms with E-state index in [-0.39, 0.29) is 24.6 Å². The molecule has 0 amide bonds. The van der Waals surface area contributed by atoms with Crippen molar-refractivity contribution in [1.82, 2.24) is 4.72 Å². The molecule has 0 saturated heterocycles. The number of methoxy groups -OCH3 is 2. The topological polar surface area (TPSA) is 64.6 Å². The van der Waals surface area contributed by atoms with Gasteiger partial charge in [-0.1, -0.05) is 29.3 Å². The molecule has 0 atom stereocenters. The monoisotopic (exact) mass is 459 g/mol. The van der Waals surface area contributed by atoms with Gasteiger partial charge in [-0.15, -0.1) is 11.3 Å². The number of halogens is 3. The van der Waals surface area contributed by atoms with Crippen LogP contribution in [-0.2, 0) is 16.6 Å². The SMILES string of the molecule is COc1ccc(CNS(=O)(=O)c2c(Cl)sc(Cl)c2Br)cc1OC. The first-order valence-electron chi connectivity index (χ1n) is 6.14. The molecule has 2 rings (SSSR count). The second kappa shape index (κ2) is 7.58. The molecule has 1 N–H and O–H groups in total. The van der Waals surface area contributed by atoms with E-state index in [9.17, 15) is 8.42 Å². The molecule has 0 spiro atoms. The van der Waals surface area contributed by atoms with Crippen LogP contribution in [0, 0.1) is 0 Å². The Bertz CT molecular complexity index is 824. The molecule has 0 bridgehead atoms. The standard InChI is InChI=1S/C13H12BrCl2NO4S2/c1-20-8-4-3-7(5-9(8)21-2)6-17-23(18,19)11-10(14)12(15)22-13(11)16/h3-5,17H,6H2,1-2H3. The van der Waals surface area contributed by atoms with E-state index in [1.54, 1.807) is 18.2 Å². The summed E-state index contributed by atoms with van der Waals surface area (Å²) in [7, 11) is -0.771. The van der Waals surface area contributed by atoms with Gasteiger partial charge in [-0.3, -0.25) is 0 Å². The van der Waals surface area contributed by atoms with Crippen molar-refractivity contribution in [3.8, 4) is 11.5 Å². The number of thiophene rings is 1. The molecule has 23 heavy (non-hydrogen) atoms. The number of nitrogens with one attached hydrogen (secondary N) is 1. The van der Waals surface area contributed by atoms with Gasteiger partial charge in [0.2, 0.25) is 10.0 Å². The Morgan fingerprint density at radius 3 is 2.35 bits per heavy atom. The van der Waals surface area contributed by atoms with Crippen LogP contribution in [0.1, 0.15) is 5.56 Å². The van der Waals surface area contributed by atoms with Crippen molar-refractivity contribution in [1.29, 1.82) is 0 Å². The summed E-state index contributed by atoms with van der Waals surface area (Å²) >= 11 is 16.0. The van der Waals surface area contributed by atoms with Crippen LogP contribution in [0.2, 0.25) is 8.67 Å². The van der Waals surface area contributed by atoms with E-state index in [2.05, 4.69) is 20.7 Å². The predicted molar refractivity (Wildman–Crippen MR) is 95.6 cm³/mol. The summed E-state index contributed by atoms with van der Waals surface area (Å²) in [6.45, 7) is 0.0684. The number of ether oxygens (including phenoxy) is 2. The maximum Gasteiger partial charge on any atom is 0.244 e. The van der Waals surface area contributed by atoms with E-state index in [4.69, 9.17) is 32.7 Å². The summed E-state index contributed by atoms with van der Waals surface area (Å²) in [5.41, 5.74) is 0.708. The van der Waals surface area contributed by atoms with Crippen molar-refractivity contribution in [2.24, 2.45) is 0 Å². The van der Waals surface area contributed by atoms with E-state index in [0.717, 1.165) is 11.3 Å². The van der Waals surface area contributed by atoms with Gasteiger partial charge >= 0.3 is 0 Å². The smallest absolute Gasteiger partial charge is 0.244 e. The lowest BCUT2D eigenvalue weighted by molar-refractivity contribution is 0.354. The molecule has 0 fully saturated rings. The van der Waals surface area contributed by atoms with Crippen LogP contribution in [0.4, 0.5) is 0 Å². The highest BCUT2D eigenvalue weighted by atomic mass is 79.9. The molecular weight excluding hydrogens is 449 g/mol. The van der Waals surface area contributed by atoms with Crippen LogP contribution in [0.3, 0.4) is 0 Å². The van der Waals surface area contributed by atoms with Crippen LogP contribution >= 0.6 is 50.5 Å².